The normalized spacial score (nSPS) is 10.3. The van der Waals surface area contributed by atoms with Crippen LogP contribution in [0.15, 0.2) is 37.1 Å². The van der Waals surface area contributed by atoms with Crippen LogP contribution in [-0.2, 0) is 6.54 Å². The number of carboxylic acids is 1. The Morgan fingerprint density at radius 1 is 1.37 bits per heavy atom. The summed E-state index contributed by atoms with van der Waals surface area (Å²) in [5, 5.41) is 11.9. The smallest absolute Gasteiger partial charge is 0.354 e. The number of hydrogen-bond acceptors (Lipinski definition) is 4. The molecule has 2 aromatic heterocycles. The number of nitrogens with zero attached hydrogens (tertiary/aromatic N) is 3. The Labute approximate surface area is 111 Å². The van der Waals surface area contributed by atoms with E-state index in [1.807, 2.05) is 17.1 Å². The maximum atomic E-state index is 10.6. The van der Waals surface area contributed by atoms with E-state index in [0.717, 1.165) is 31.6 Å². The lowest BCUT2D eigenvalue weighted by Gasteiger charge is -2.06. The summed E-state index contributed by atoms with van der Waals surface area (Å²) in [6, 6.07) is 3.22. The minimum absolute atomic E-state index is 0.0608. The Hall–Kier alpha value is -2.37. The molecule has 2 N–H and O–H groups in total. The number of nitrogens with one attached hydrogen (secondary N) is 1. The number of carboxylic acid groups (broad SMARTS) is 1. The van der Waals surface area contributed by atoms with Crippen molar-refractivity contribution in [1.29, 1.82) is 0 Å². The monoisotopic (exact) mass is 260 g/mol. The minimum Gasteiger partial charge on any atom is -0.477 e. The van der Waals surface area contributed by atoms with Crippen LogP contribution in [0.1, 0.15) is 23.3 Å². The lowest BCUT2D eigenvalue weighted by atomic mass is 10.3. The van der Waals surface area contributed by atoms with Gasteiger partial charge in [-0.1, -0.05) is 0 Å². The summed E-state index contributed by atoms with van der Waals surface area (Å²) in [5.74, 6) is -1.01. The number of unbranched alkanes of at least 4 members (excludes halogenated alkanes) is 1. The number of hydrogen-bond donors (Lipinski definition) is 2. The Kier molecular flexibility index (Phi) is 4.49. The predicted molar refractivity (Wildman–Crippen MR) is 71.1 cm³/mol. The van der Waals surface area contributed by atoms with E-state index in [2.05, 4.69) is 15.3 Å². The van der Waals surface area contributed by atoms with Crippen molar-refractivity contribution in [2.45, 2.75) is 19.4 Å². The van der Waals surface area contributed by atoms with Crippen molar-refractivity contribution in [3.63, 3.8) is 0 Å². The number of aromatic carboxylic acids is 1. The van der Waals surface area contributed by atoms with Crippen LogP contribution in [0.4, 0.5) is 5.69 Å². The van der Waals surface area contributed by atoms with Crippen molar-refractivity contribution in [3.05, 3.63) is 42.7 Å². The summed E-state index contributed by atoms with van der Waals surface area (Å²) in [6.45, 7) is 1.79. The quantitative estimate of drug-likeness (QED) is 0.743. The lowest BCUT2D eigenvalue weighted by Crippen LogP contribution is -2.05. The number of rotatable bonds is 7. The number of anilines is 1. The maximum Gasteiger partial charge on any atom is 0.354 e. The molecule has 0 saturated carbocycles. The van der Waals surface area contributed by atoms with Crippen LogP contribution >= 0.6 is 0 Å². The van der Waals surface area contributed by atoms with Crippen molar-refractivity contribution in [2.75, 3.05) is 11.9 Å². The Bertz CT molecular complexity index is 508. The van der Waals surface area contributed by atoms with Gasteiger partial charge in [0.05, 0.1) is 18.2 Å². The van der Waals surface area contributed by atoms with Gasteiger partial charge in [-0.25, -0.2) is 14.8 Å². The zero-order chi connectivity index (χ0) is 13.5. The molecule has 0 spiro atoms. The van der Waals surface area contributed by atoms with E-state index in [-0.39, 0.29) is 5.69 Å². The summed E-state index contributed by atoms with van der Waals surface area (Å²) in [7, 11) is 0. The largest absolute Gasteiger partial charge is 0.477 e. The molecule has 0 radical (unpaired) electrons. The van der Waals surface area contributed by atoms with E-state index in [4.69, 9.17) is 5.11 Å². The summed E-state index contributed by atoms with van der Waals surface area (Å²) in [4.78, 5) is 18.5. The van der Waals surface area contributed by atoms with Crippen LogP contribution in [-0.4, -0.2) is 32.2 Å². The van der Waals surface area contributed by atoms with Gasteiger partial charge in [-0.05, 0) is 25.0 Å². The molecule has 0 aromatic carbocycles. The summed E-state index contributed by atoms with van der Waals surface area (Å²) >= 11 is 0. The van der Waals surface area contributed by atoms with Crippen LogP contribution in [0.5, 0.6) is 0 Å². The highest BCUT2D eigenvalue weighted by Gasteiger charge is 2.02. The van der Waals surface area contributed by atoms with Crippen LogP contribution in [0, 0.1) is 0 Å². The molecule has 0 fully saturated rings. The van der Waals surface area contributed by atoms with Crippen LogP contribution in [0.2, 0.25) is 0 Å². The molecule has 0 amide bonds. The van der Waals surface area contributed by atoms with Gasteiger partial charge in [0.1, 0.15) is 5.69 Å². The van der Waals surface area contributed by atoms with E-state index >= 15 is 0 Å². The zero-order valence-corrected chi connectivity index (χ0v) is 10.5. The third-order valence-corrected chi connectivity index (χ3v) is 2.71. The van der Waals surface area contributed by atoms with Gasteiger partial charge < -0.3 is 15.0 Å². The van der Waals surface area contributed by atoms with Gasteiger partial charge in [0.25, 0.3) is 0 Å². The molecule has 0 bridgehead atoms. The van der Waals surface area contributed by atoms with Crippen LogP contribution in [0.3, 0.4) is 0 Å². The second-order valence-corrected chi connectivity index (χ2v) is 4.17. The van der Waals surface area contributed by atoms with Crippen molar-refractivity contribution in [3.8, 4) is 0 Å². The number of carbonyl (C=O) groups is 1. The van der Waals surface area contributed by atoms with Crippen LogP contribution < -0.4 is 5.32 Å². The maximum absolute atomic E-state index is 10.6. The standard InChI is InChI=1S/C13H16N4O2/c18-13(19)12-4-3-11(9-16-12)15-5-1-2-7-17-8-6-14-10-17/h3-4,6,8-10,15H,1-2,5,7H2,(H,18,19). The first-order chi connectivity index (χ1) is 9.25. The molecule has 0 atom stereocenters. The highest BCUT2D eigenvalue weighted by atomic mass is 16.4. The van der Waals surface area contributed by atoms with Gasteiger partial charge in [-0.2, -0.15) is 0 Å². The predicted octanol–water partition coefficient (Wildman–Crippen LogP) is 1.87. The van der Waals surface area contributed by atoms with E-state index in [9.17, 15) is 4.79 Å². The van der Waals surface area contributed by atoms with Gasteiger partial charge >= 0.3 is 5.97 Å². The second-order valence-electron chi connectivity index (χ2n) is 4.17. The van der Waals surface area contributed by atoms with Crippen LogP contribution in [0.25, 0.3) is 0 Å². The molecule has 0 aliphatic rings. The first kappa shape index (κ1) is 13.1. The van der Waals surface area contributed by atoms with E-state index in [1.165, 1.54) is 6.07 Å². The molecule has 0 aliphatic heterocycles. The van der Waals surface area contributed by atoms with E-state index in [0.29, 0.717) is 0 Å². The fourth-order valence-corrected chi connectivity index (χ4v) is 1.70. The van der Waals surface area contributed by atoms with Gasteiger partial charge in [0.15, 0.2) is 0 Å². The molecule has 0 unspecified atom stereocenters. The zero-order valence-electron chi connectivity index (χ0n) is 10.5. The molecule has 100 valence electrons. The Morgan fingerprint density at radius 2 is 2.26 bits per heavy atom. The molecular formula is C13H16N4O2. The number of aromatic nitrogens is 3. The fourth-order valence-electron chi connectivity index (χ4n) is 1.70. The van der Waals surface area contributed by atoms with Gasteiger partial charge in [0, 0.05) is 25.5 Å². The third kappa shape index (κ3) is 4.09. The lowest BCUT2D eigenvalue weighted by molar-refractivity contribution is 0.0690. The van der Waals surface area contributed by atoms with Gasteiger partial charge in [0.2, 0.25) is 0 Å². The highest BCUT2D eigenvalue weighted by Crippen LogP contribution is 2.06. The topological polar surface area (TPSA) is 80.0 Å². The molecular weight excluding hydrogens is 244 g/mol. The van der Waals surface area contributed by atoms with Crippen molar-refractivity contribution < 1.29 is 9.90 Å². The first-order valence-corrected chi connectivity index (χ1v) is 6.14. The number of aryl methyl sites for hydroxylation is 1. The van der Waals surface area contributed by atoms with Gasteiger partial charge in [-0.3, -0.25) is 0 Å². The molecule has 2 aromatic rings. The number of imidazole rings is 1. The molecule has 0 aliphatic carbocycles. The minimum atomic E-state index is -1.01. The molecule has 2 rings (SSSR count). The number of pyridine rings is 1. The molecule has 6 heteroatoms. The van der Waals surface area contributed by atoms with Gasteiger partial charge in [-0.15, -0.1) is 0 Å². The Balaban J connectivity index is 1.66. The highest BCUT2D eigenvalue weighted by molar-refractivity contribution is 5.85. The van der Waals surface area contributed by atoms with E-state index < -0.39 is 5.97 Å². The average molecular weight is 260 g/mol. The first-order valence-electron chi connectivity index (χ1n) is 6.14. The third-order valence-electron chi connectivity index (χ3n) is 2.71. The SMILES string of the molecule is O=C(O)c1ccc(NCCCCn2ccnc2)cn1. The summed E-state index contributed by atoms with van der Waals surface area (Å²) in [6.07, 6.45) is 9.15. The molecule has 19 heavy (non-hydrogen) atoms. The fraction of sp³-hybridized carbons (Fsp3) is 0.308. The van der Waals surface area contributed by atoms with E-state index in [1.54, 1.807) is 18.5 Å². The Morgan fingerprint density at radius 3 is 2.89 bits per heavy atom. The van der Waals surface area contributed by atoms with Crippen molar-refractivity contribution in [1.82, 2.24) is 14.5 Å². The summed E-state index contributed by atoms with van der Waals surface area (Å²) in [5.41, 5.74) is 0.901. The van der Waals surface area contributed by atoms with Crippen molar-refractivity contribution in [2.24, 2.45) is 0 Å². The molecule has 0 saturated heterocycles. The molecule has 6 nitrogen and oxygen atoms in total. The second kappa shape index (κ2) is 6.53. The molecule has 2 heterocycles. The average Bonchev–Trinajstić information content (AvgIpc) is 2.92. The summed E-state index contributed by atoms with van der Waals surface area (Å²) < 4.78 is 2.04. The van der Waals surface area contributed by atoms with Crippen molar-refractivity contribution >= 4 is 11.7 Å².